The fourth-order valence-corrected chi connectivity index (χ4v) is 3.41. The van der Waals surface area contributed by atoms with Crippen molar-refractivity contribution in [1.82, 2.24) is 10.2 Å². The summed E-state index contributed by atoms with van der Waals surface area (Å²) < 4.78 is 12.9. The summed E-state index contributed by atoms with van der Waals surface area (Å²) in [6, 6.07) is 3.96. The average Bonchev–Trinajstić information content (AvgIpc) is 2.69. The molecule has 1 aromatic carbocycles. The van der Waals surface area contributed by atoms with Crippen LogP contribution in [0.1, 0.15) is 20.8 Å². The first-order chi connectivity index (χ1) is 9.17. The highest BCUT2D eigenvalue weighted by molar-refractivity contribution is 14.1. The molecule has 4 nitrogen and oxygen atoms in total. The molecule has 2 rings (SSSR count). The molecule has 110 valence electrons. The molecule has 1 heterocycles. The molecule has 0 bridgehead atoms. The zero-order chi connectivity index (χ0) is 15.1. The van der Waals surface area contributed by atoms with Gasteiger partial charge in [-0.15, -0.1) is 0 Å². The van der Waals surface area contributed by atoms with Crippen LogP contribution in [0.5, 0.6) is 11.5 Å². The van der Waals surface area contributed by atoms with E-state index < -0.39 is 8.32 Å². The van der Waals surface area contributed by atoms with E-state index >= 15 is 0 Å². The predicted molar refractivity (Wildman–Crippen MR) is 93.2 cm³/mol. The van der Waals surface area contributed by atoms with Gasteiger partial charge in [0.15, 0.2) is 5.75 Å². The largest absolute Gasteiger partial charge is 0.541 e. The minimum absolute atomic E-state index is 0.149. The van der Waals surface area contributed by atoms with Crippen LogP contribution >= 0.6 is 22.6 Å². The Morgan fingerprint density at radius 1 is 1.25 bits per heavy atom. The van der Waals surface area contributed by atoms with Gasteiger partial charge in [0.25, 0.3) is 8.32 Å². The van der Waals surface area contributed by atoms with Crippen molar-refractivity contribution in [3.8, 4) is 11.5 Å². The van der Waals surface area contributed by atoms with E-state index in [2.05, 4.69) is 66.7 Å². The molecule has 0 aliphatic rings. The number of H-pyrrole nitrogens is 1. The number of hydrogen-bond donors (Lipinski definition) is 1. The van der Waals surface area contributed by atoms with Crippen molar-refractivity contribution in [3.05, 3.63) is 15.8 Å². The number of halogens is 1. The zero-order valence-corrected chi connectivity index (χ0v) is 16.0. The third-order valence-corrected chi connectivity index (χ3v) is 9.10. The number of nitrogens with one attached hydrogen (secondary N) is 1. The molecule has 0 amide bonds. The highest BCUT2D eigenvalue weighted by Crippen LogP contribution is 2.42. The van der Waals surface area contributed by atoms with E-state index in [-0.39, 0.29) is 5.04 Å². The van der Waals surface area contributed by atoms with Crippen molar-refractivity contribution in [2.75, 3.05) is 7.11 Å². The Bertz CT molecular complexity index is 632. The fourth-order valence-electron chi connectivity index (χ4n) is 1.74. The molecule has 0 saturated carbocycles. The second-order valence-electron chi connectivity index (χ2n) is 6.40. The average molecular weight is 404 g/mol. The van der Waals surface area contributed by atoms with Gasteiger partial charge in [0, 0.05) is 0 Å². The van der Waals surface area contributed by atoms with E-state index in [0.717, 1.165) is 26.1 Å². The van der Waals surface area contributed by atoms with E-state index in [1.807, 2.05) is 12.1 Å². The molecule has 0 atom stereocenters. The predicted octanol–water partition coefficient (Wildman–Crippen LogP) is 4.56. The molecule has 0 aliphatic carbocycles. The highest BCUT2D eigenvalue weighted by Gasteiger charge is 2.39. The van der Waals surface area contributed by atoms with Crippen molar-refractivity contribution in [3.63, 3.8) is 0 Å². The molecule has 1 N–H and O–H groups in total. The van der Waals surface area contributed by atoms with Crippen molar-refractivity contribution in [1.29, 1.82) is 0 Å². The van der Waals surface area contributed by atoms with Crippen LogP contribution in [-0.2, 0) is 0 Å². The number of methoxy groups -OCH3 is 1. The first kappa shape index (κ1) is 15.6. The normalized spacial score (nSPS) is 12.8. The van der Waals surface area contributed by atoms with E-state index in [1.165, 1.54) is 0 Å². The van der Waals surface area contributed by atoms with Crippen molar-refractivity contribution >= 4 is 41.8 Å². The van der Waals surface area contributed by atoms with Gasteiger partial charge < -0.3 is 9.16 Å². The molecule has 0 saturated heterocycles. The highest BCUT2D eigenvalue weighted by atomic mass is 127. The number of aromatic amines is 1. The Balaban J connectivity index is 2.53. The lowest BCUT2D eigenvalue weighted by atomic mass is 10.2. The Morgan fingerprint density at radius 3 is 2.45 bits per heavy atom. The summed E-state index contributed by atoms with van der Waals surface area (Å²) in [4.78, 5) is 0. The van der Waals surface area contributed by atoms with E-state index in [9.17, 15) is 0 Å². The van der Waals surface area contributed by atoms with Crippen LogP contribution in [0.2, 0.25) is 18.1 Å². The second kappa shape index (κ2) is 5.21. The summed E-state index contributed by atoms with van der Waals surface area (Å²) >= 11 is 2.21. The second-order valence-corrected chi connectivity index (χ2v) is 12.1. The first-order valence-corrected chi connectivity index (χ1v) is 10.6. The maximum Gasteiger partial charge on any atom is 0.250 e. The number of benzene rings is 1. The molecule has 20 heavy (non-hydrogen) atoms. The van der Waals surface area contributed by atoms with E-state index in [4.69, 9.17) is 9.16 Å². The smallest absolute Gasteiger partial charge is 0.250 e. The minimum Gasteiger partial charge on any atom is -0.541 e. The molecular formula is C14H21IN2O2Si. The van der Waals surface area contributed by atoms with Crippen molar-refractivity contribution in [2.24, 2.45) is 0 Å². The summed E-state index contributed by atoms with van der Waals surface area (Å²) in [5.41, 5.74) is 0.967. The lowest BCUT2D eigenvalue weighted by molar-refractivity contribution is 0.390. The number of aromatic nitrogens is 2. The van der Waals surface area contributed by atoms with Crippen molar-refractivity contribution in [2.45, 2.75) is 38.9 Å². The van der Waals surface area contributed by atoms with Gasteiger partial charge in [-0.05, 0) is 52.9 Å². The number of rotatable bonds is 3. The van der Waals surface area contributed by atoms with Gasteiger partial charge >= 0.3 is 0 Å². The summed E-state index contributed by atoms with van der Waals surface area (Å²) in [6.45, 7) is 11.2. The van der Waals surface area contributed by atoms with Crippen LogP contribution in [0.25, 0.3) is 10.9 Å². The summed E-state index contributed by atoms with van der Waals surface area (Å²) in [6.07, 6.45) is 0. The molecule has 0 fully saturated rings. The number of fused-ring (bicyclic) bond motifs is 1. The molecule has 0 radical (unpaired) electrons. The first-order valence-electron chi connectivity index (χ1n) is 6.57. The van der Waals surface area contributed by atoms with Crippen LogP contribution in [-0.4, -0.2) is 25.6 Å². The SMILES string of the molecule is COc1c(O[Si](C)(C)C(C)(C)C)ccc2[nH]nc(I)c12. The maximum atomic E-state index is 6.39. The number of nitrogens with zero attached hydrogens (tertiary/aromatic N) is 1. The molecule has 0 spiro atoms. The third-order valence-electron chi connectivity index (χ3n) is 3.98. The summed E-state index contributed by atoms with van der Waals surface area (Å²) in [7, 11) is -0.214. The number of hydrogen-bond acceptors (Lipinski definition) is 3. The lowest BCUT2D eigenvalue weighted by Gasteiger charge is -2.36. The lowest BCUT2D eigenvalue weighted by Crippen LogP contribution is -2.43. The van der Waals surface area contributed by atoms with Crippen LogP contribution < -0.4 is 9.16 Å². The topological polar surface area (TPSA) is 47.1 Å². The van der Waals surface area contributed by atoms with Crippen LogP contribution in [0.3, 0.4) is 0 Å². The van der Waals surface area contributed by atoms with Gasteiger partial charge in [-0.1, -0.05) is 20.8 Å². The van der Waals surface area contributed by atoms with Crippen LogP contribution in [0.4, 0.5) is 0 Å². The maximum absolute atomic E-state index is 6.39. The quantitative estimate of drug-likeness (QED) is 0.603. The van der Waals surface area contributed by atoms with Crippen molar-refractivity contribution < 1.29 is 9.16 Å². The Hall–Kier alpha value is -0.763. The van der Waals surface area contributed by atoms with Gasteiger partial charge in [-0.2, -0.15) is 5.10 Å². The molecule has 1 aromatic heterocycles. The van der Waals surface area contributed by atoms with Gasteiger partial charge in [-0.3, -0.25) is 5.10 Å². The van der Waals surface area contributed by atoms with Crippen LogP contribution in [0, 0.1) is 3.70 Å². The van der Waals surface area contributed by atoms with Gasteiger partial charge in [-0.25, -0.2) is 0 Å². The third kappa shape index (κ3) is 2.67. The van der Waals surface area contributed by atoms with Gasteiger partial charge in [0.1, 0.15) is 9.45 Å². The molecule has 2 aromatic rings. The summed E-state index contributed by atoms with van der Waals surface area (Å²) in [5.74, 6) is 1.58. The van der Waals surface area contributed by atoms with E-state index in [1.54, 1.807) is 7.11 Å². The zero-order valence-electron chi connectivity index (χ0n) is 12.8. The van der Waals surface area contributed by atoms with Crippen LogP contribution in [0.15, 0.2) is 12.1 Å². The Kier molecular flexibility index (Phi) is 4.07. The van der Waals surface area contributed by atoms with Gasteiger partial charge in [0.2, 0.25) is 0 Å². The van der Waals surface area contributed by atoms with E-state index in [0.29, 0.717) is 0 Å². The summed E-state index contributed by atoms with van der Waals surface area (Å²) in [5, 5.41) is 8.37. The molecule has 6 heteroatoms. The minimum atomic E-state index is -1.89. The fraction of sp³-hybridized carbons (Fsp3) is 0.500. The molecule has 0 aliphatic heterocycles. The monoisotopic (exact) mass is 404 g/mol. The van der Waals surface area contributed by atoms with Gasteiger partial charge in [0.05, 0.1) is 18.0 Å². The Morgan fingerprint density at radius 2 is 1.90 bits per heavy atom. The molecular weight excluding hydrogens is 383 g/mol. The number of ether oxygens (including phenoxy) is 1. The Labute approximate surface area is 134 Å². The molecule has 0 unspecified atom stereocenters. The standard InChI is InChI=1S/C14H21IN2O2Si/c1-14(2,3)20(5,6)19-10-8-7-9-11(12(10)18-4)13(15)17-16-9/h7-8H,1-6H3,(H,16,17).